The highest BCUT2D eigenvalue weighted by molar-refractivity contribution is 4.74. The number of nitrogens with one attached hydrogen (secondary N) is 1. The lowest BCUT2D eigenvalue weighted by atomic mass is 10.1. The summed E-state index contributed by atoms with van der Waals surface area (Å²) in [5, 5.41) is 3.58. The van der Waals surface area contributed by atoms with Gasteiger partial charge in [-0.3, -0.25) is 4.90 Å². The molecule has 1 saturated heterocycles. The van der Waals surface area contributed by atoms with E-state index in [-0.39, 0.29) is 0 Å². The number of nitrogens with zero attached hydrogens (tertiary/aromatic N) is 1. The fourth-order valence-corrected chi connectivity index (χ4v) is 2.94. The van der Waals surface area contributed by atoms with Gasteiger partial charge in [-0.2, -0.15) is 0 Å². The molecule has 1 aliphatic rings. The summed E-state index contributed by atoms with van der Waals surface area (Å²) >= 11 is 0. The lowest BCUT2D eigenvalue weighted by Crippen LogP contribution is -2.39. The average molecular weight is 270 g/mol. The Kier molecular flexibility index (Phi) is 10.4. The summed E-state index contributed by atoms with van der Waals surface area (Å²) < 4.78 is 5.34. The standard InChI is InChI=1S/C16H34N2O/c1-3-16-10-6-5-8-13-18(16)14-12-17-11-7-9-15-19-4-2/h16-17H,3-15H2,1-2H3. The number of unbranched alkanes of at least 4 members (excludes halogenated alkanes) is 1. The molecule has 0 amide bonds. The van der Waals surface area contributed by atoms with Gasteiger partial charge in [-0.1, -0.05) is 19.8 Å². The summed E-state index contributed by atoms with van der Waals surface area (Å²) in [4.78, 5) is 2.71. The Morgan fingerprint density at radius 3 is 2.79 bits per heavy atom. The quantitative estimate of drug-likeness (QED) is 0.618. The molecule has 0 aromatic heterocycles. The largest absolute Gasteiger partial charge is 0.382 e. The van der Waals surface area contributed by atoms with Crippen molar-refractivity contribution in [2.24, 2.45) is 0 Å². The van der Waals surface area contributed by atoms with E-state index >= 15 is 0 Å². The van der Waals surface area contributed by atoms with Crippen LogP contribution in [0.2, 0.25) is 0 Å². The summed E-state index contributed by atoms with van der Waals surface area (Å²) in [5.41, 5.74) is 0. The molecule has 1 fully saturated rings. The first-order chi connectivity index (χ1) is 9.38. The number of ether oxygens (including phenoxy) is 1. The molecule has 19 heavy (non-hydrogen) atoms. The fraction of sp³-hybridized carbons (Fsp3) is 1.00. The van der Waals surface area contributed by atoms with Gasteiger partial charge in [0.1, 0.15) is 0 Å². The monoisotopic (exact) mass is 270 g/mol. The van der Waals surface area contributed by atoms with Crippen LogP contribution >= 0.6 is 0 Å². The van der Waals surface area contributed by atoms with Gasteiger partial charge in [0.15, 0.2) is 0 Å². The van der Waals surface area contributed by atoms with E-state index in [0.29, 0.717) is 0 Å². The Balaban J connectivity index is 2.00. The second-order valence-electron chi connectivity index (χ2n) is 5.60. The van der Waals surface area contributed by atoms with E-state index in [1.54, 1.807) is 0 Å². The maximum absolute atomic E-state index is 5.34. The van der Waals surface area contributed by atoms with E-state index in [4.69, 9.17) is 4.74 Å². The number of likely N-dealkylation sites (tertiary alicyclic amines) is 1. The molecule has 0 aliphatic carbocycles. The molecule has 0 spiro atoms. The fourth-order valence-electron chi connectivity index (χ4n) is 2.94. The molecule has 1 N–H and O–H groups in total. The molecule has 3 nitrogen and oxygen atoms in total. The van der Waals surface area contributed by atoms with Gasteiger partial charge < -0.3 is 10.1 Å². The third-order valence-electron chi connectivity index (χ3n) is 4.14. The SMILES string of the molecule is CCOCCCCNCCN1CCCCCC1CC. The molecule has 1 rings (SSSR count). The van der Waals surface area contributed by atoms with Crippen molar-refractivity contribution < 1.29 is 4.74 Å². The van der Waals surface area contributed by atoms with Crippen molar-refractivity contribution in [2.75, 3.05) is 39.4 Å². The zero-order valence-electron chi connectivity index (χ0n) is 13.1. The van der Waals surface area contributed by atoms with Crippen LogP contribution in [0, 0.1) is 0 Å². The Bertz CT molecular complexity index is 199. The maximum Gasteiger partial charge on any atom is 0.0466 e. The van der Waals surface area contributed by atoms with Crippen LogP contribution in [0.3, 0.4) is 0 Å². The van der Waals surface area contributed by atoms with Gasteiger partial charge in [0.25, 0.3) is 0 Å². The van der Waals surface area contributed by atoms with Crippen LogP contribution < -0.4 is 5.32 Å². The van der Waals surface area contributed by atoms with Gasteiger partial charge in [-0.05, 0) is 52.1 Å². The van der Waals surface area contributed by atoms with Crippen LogP contribution in [-0.4, -0.2) is 50.3 Å². The zero-order valence-corrected chi connectivity index (χ0v) is 13.1. The third-order valence-corrected chi connectivity index (χ3v) is 4.14. The van der Waals surface area contributed by atoms with Gasteiger partial charge in [-0.25, -0.2) is 0 Å². The van der Waals surface area contributed by atoms with Crippen molar-refractivity contribution in [2.45, 2.75) is 64.8 Å². The van der Waals surface area contributed by atoms with Gasteiger partial charge >= 0.3 is 0 Å². The second-order valence-corrected chi connectivity index (χ2v) is 5.60. The van der Waals surface area contributed by atoms with E-state index in [9.17, 15) is 0 Å². The number of hydrogen-bond donors (Lipinski definition) is 1. The molecule has 1 aliphatic heterocycles. The minimum atomic E-state index is 0.835. The Hall–Kier alpha value is -0.120. The van der Waals surface area contributed by atoms with E-state index in [1.807, 2.05) is 0 Å². The van der Waals surface area contributed by atoms with Crippen LogP contribution in [0.25, 0.3) is 0 Å². The van der Waals surface area contributed by atoms with Crippen molar-refractivity contribution in [3.05, 3.63) is 0 Å². The average Bonchev–Trinajstić information content (AvgIpc) is 2.66. The lowest BCUT2D eigenvalue weighted by Gasteiger charge is -2.29. The molecule has 0 radical (unpaired) electrons. The van der Waals surface area contributed by atoms with E-state index in [2.05, 4.69) is 24.1 Å². The van der Waals surface area contributed by atoms with Crippen LogP contribution in [0.5, 0.6) is 0 Å². The highest BCUT2D eigenvalue weighted by Gasteiger charge is 2.18. The van der Waals surface area contributed by atoms with Crippen molar-refractivity contribution in [3.8, 4) is 0 Å². The van der Waals surface area contributed by atoms with Crippen molar-refractivity contribution in [1.82, 2.24) is 10.2 Å². The molecule has 0 saturated carbocycles. The Morgan fingerprint density at radius 1 is 1.11 bits per heavy atom. The minimum absolute atomic E-state index is 0.835. The molecule has 1 heterocycles. The number of rotatable bonds is 10. The number of hydrogen-bond acceptors (Lipinski definition) is 3. The van der Waals surface area contributed by atoms with Crippen molar-refractivity contribution in [3.63, 3.8) is 0 Å². The lowest BCUT2D eigenvalue weighted by molar-refractivity contribution is 0.143. The first kappa shape index (κ1) is 16.9. The summed E-state index contributed by atoms with van der Waals surface area (Å²) in [6.07, 6.45) is 9.39. The Labute approximate surface area is 120 Å². The predicted octanol–water partition coefficient (Wildman–Crippen LogP) is 3.05. The van der Waals surface area contributed by atoms with Gasteiger partial charge in [0.05, 0.1) is 0 Å². The molecular weight excluding hydrogens is 236 g/mol. The highest BCUT2D eigenvalue weighted by atomic mass is 16.5. The van der Waals surface area contributed by atoms with Gasteiger partial charge in [0.2, 0.25) is 0 Å². The molecule has 0 aromatic rings. The Morgan fingerprint density at radius 2 is 2.00 bits per heavy atom. The molecule has 114 valence electrons. The van der Waals surface area contributed by atoms with Gasteiger partial charge in [-0.15, -0.1) is 0 Å². The second kappa shape index (κ2) is 11.7. The maximum atomic E-state index is 5.34. The summed E-state index contributed by atoms with van der Waals surface area (Å²) in [5.74, 6) is 0. The summed E-state index contributed by atoms with van der Waals surface area (Å²) in [6.45, 7) is 11.0. The van der Waals surface area contributed by atoms with Crippen LogP contribution in [0.4, 0.5) is 0 Å². The predicted molar refractivity (Wildman–Crippen MR) is 82.7 cm³/mol. The molecule has 3 heteroatoms. The van der Waals surface area contributed by atoms with Crippen LogP contribution in [0.1, 0.15) is 58.8 Å². The van der Waals surface area contributed by atoms with Crippen molar-refractivity contribution >= 4 is 0 Å². The third kappa shape index (κ3) is 7.91. The summed E-state index contributed by atoms with van der Waals surface area (Å²) in [6, 6.07) is 0.835. The van der Waals surface area contributed by atoms with E-state index in [1.165, 1.54) is 58.0 Å². The van der Waals surface area contributed by atoms with Crippen LogP contribution in [0.15, 0.2) is 0 Å². The molecule has 1 atom stereocenters. The smallest absolute Gasteiger partial charge is 0.0466 e. The molecule has 0 aromatic carbocycles. The minimum Gasteiger partial charge on any atom is -0.382 e. The molecule has 0 bridgehead atoms. The van der Waals surface area contributed by atoms with E-state index < -0.39 is 0 Å². The highest BCUT2D eigenvalue weighted by Crippen LogP contribution is 2.18. The first-order valence-electron chi connectivity index (χ1n) is 8.41. The summed E-state index contributed by atoms with van der Waals surface area (Å²) in [7, 11) is 0. The normalized spacial score (nSPS) is 21.5. The van der Waals surface area contributed by atoms with Crippen molar-refractivity contribution in [1.29, 1.82) is 0 Å². The van der Waals surface area contributed by atoms with Gasteiger partial charge in [0, 0.05) is 32.3 Å². The van der Waals surface area contributed by atoms with E-state index in [0.717, 1.165) is 32.3 Å². The first-order valence-corrected chi connectivity index (χ1v) is 8.41. The molecular formula is C16H34N2O. The topological polar surface area (TPSA) is 24.5 Å². The molecule has 1 unspecified atom stereocenters. The zero-order chi connectivity index (χ0) is 13.8. The van der Waals surface area contributed by atoms with Crippen LogP contribution in [-0.2, 0) is 4.74 Å².